The molecule has 7 heteroatoms. The van der Waals surface area contributed by atoms with Gasteiger partial charge in [-0.05, 0) is 12.8 Å². The lowest BCUT2D eigenvalue weighted by Crippen LogP contribution is -2.35. The Hall–Kier alpha value is -1.63. The Kier molecular flexibility index (Phi) is 5.57. The number of rotatable bonds is 6. The average Bonchev–Trinajstić information content (AvgIpc) is 2.74. The van der Waals surface area contributed by atoms with Crippen LogP contribution in [0.25, 0.3) is 0 Å². The standard InChI is InChI=1S/C11H18N2O5/c1-7(14)12-5-4-10(15)13-6-8-2-3-9(18-8)11(16)17/h8-9H,2-6H2,1H3,(H,12,14)(H,13,15)(H,16,17). The Morgan fingerprint density at radius 2 is 2.00 bits per heavy atom. The summed E-state index contributed by atoms with van der Waals surface area (Å²) < 4.78 is 5.23. The minimum atomic E-state index is -0.963. The van der Waals surface area contributed by atoms with Crippen molar-refractivity contribution >= 4 is 17.8 Å². The Morgan fingerprint density at radius 1 is 1.28 bits per heavy atom. The SMILES string of the molecule is CC(=O)NCCC(=O)NCC1CCC(C(=O)O)O1. The highest BCUT2D eigenvalue weighted by molar-refractivity contribution is 5.77. The Bertz CT molecular complexity index is 331. The monoisotopic (exact) mass is 258 g/mol. The van der Waals surface area contributed by atoms with Crippen LogP contribution >= 0.6 is 0 Å². The lowest BCUT2D eigenvalue weighted by atomic mass is 10.2. The number of amides is 2. The summed E-state index contributed by atoms with van der Waals surface area (Å²) in [6, 6.07) is 0. The second-order valence-electron chi connectivity index (χ2n) is 4.20. The van der Waals surface area contributed by atoms with Gasteiger partial charge in [-0.3, -0.25) is 9.59 Å². The van der Waals surface area contributed by atoms with Crippen molar-refractivity contribution in [2.45, 2.75) is 38.4 Å². The number of carbonyl (C=O) groups is 3. The van der Waals surface area contributed by atoms with Gasteiger partial charge in [0, 0.05) is 26.4 Å². The molecule has 0 aromatic heterocycles. The van der Waals surface area contributed by atoms with Gasteiger partial charge in [-0.15, -0.1) is 0 Å². The van der Waals surface area contributed by atoms with Gasteiger partial charge < -0.3 is 20.5 Å². The summed E-state index contributed by atoms with van der Waals surface area (Å²) in [4.78, 5) is 32.6. The van der Waals surface area contributed by atoms with Crippen molar-refractivity contribution in [2.75, 3.05) is 13.1 Å². The van der Waals surface area contributed by atoms with E-state index in [1.165, 1.54) is 6.92 Å². The first-order valence-electron chi connectivity index (χ1n) is 5.88. The number of hydrogen-bond donors (Lipinski definition) is 3. The van der Waals surface area contributed by atoms with E-state index in [0.717, 1.165) is 0 Å². The third-order valence-electron chi connectivity index (χ3n) is 2.64. The van der Waals surface area contributed by atoms with Gasteiger partial charge in [0.25, 0.3) is 0 Å². The van der Waals surface area contributed by atoms with Crippen LogP contribution in [0, 0.1) is 0 Å². The largest absolute Gasteiger partial charge is 0.479 e. The minimum absolute atomic E-state index is 0.175. The van der Waals surface area contributed by atoms with Crippen LogP contribution < -0.4 is 10.6 Å². The number of carboxylic acids is 1. The zero-order chi connectivity index (χ0) is 13.5. The highest BCUT2D eigenvalue weighted by Gasteiger charge is 2.30. The van der Waals surface area contributed by atoms with Gasteiger partial charge >= 0.3 is 5.97 Å². The van der Waals surface area contributed by atoms with E-state index in [4.69, 9.17) is 9.84 Å². The molecule has 0 spiro atoms. The fraction of sp³-hybridized carbons (Fsp3) is 0.727. The van der Waals surface area contributed by atoms with Gasteiger partial charge in [0.05, 0.1) is 6.10 Å². The summed E-state index contributed by atoms with van der Waals surface area (Å²) >= 11 is 0. The molecule has 7 nitrogen and oxygen atoms in total. The van der Waals surface area contributed by atoms with Gasteiger partial charge in [0.2, 0.25) is 11.8 Å². The smallest absolute Gasteiger partial charge is 0.332 e. The van der Waals surface area contributed by atoms with E-state index >= 15 is 0 Å². The van der Waals surface area contributed by atoms with Crippen molar-refractivity contribution in [2.24, 2.45) is 0 Å². The van der Waals surface area contributed by atoms with E-state index in [0.29, 0.717) is 25.9 Å². The van der Waals surface area contributed by atoms with Gasteiger partial charge in [0.15, 0.2) is 6.10 Å². The van der Waals surface area contributed by atoms with Crippen LogP contribution in [0.15, 0.2) is 0 Å². The van der Waals surface area contributed by atoms with Crippen molar-refractivity contribution < 1.29 is 24.2 Å². The minimum Gasteiger partial charge on any atom is -0.479 e. The lowest BCUT2D eigenvalue weighted by molar-refractivity contribution is -0.149. The molecule has 1 rings (SSSR count). The maximum absolute atomic E-state index is 11.4. The van der Waals surface area contributed by atoms with E-state index in [2.05, 4.69) is 10.6 Å². The second kappa shape index (κ2) is 6.95. The maximum atomic E-state index is 11.4. The molecular formula is C11H18N2O5. The molecule has 1 saturated heterocycles. The number of aliphatic carboxylic acids is 1. The van der Waals surface area contributed by atoms with Crippen LogP contribution in [-0.2, 0) is 19.1 Å². The zero-order valence-electron chi connectivity index (χ0n) is 10.3. The first-order chi connectivity index (χ1) is 8.49. The third kappa shape index (κ3) is 5.13. The van der Waals surface area contributed by atoms with Crippen LogP contribution in [0.4, 0.5) is 0 Å². The predicted molar refractivity (Wildman–Crippen MR) is 61.8 cm³/mol. The molecule has 1 heterocycles. The fourth-order valence-corrected chi connectivity index (χ4v) is 1.71. The molecule has 0 aromatic carbocycles. The van der Waals surface area contributed by atoms with E-state index < -0.39 is 12.1 Å². The molecule has 2 unspecified atom stereocenters. The highest BCUT2D eigenvalue weighted by Crippen LogP contribution is 2.19. The maximum Gasteiger partial charge on any atom is 0.332 e. The molecule has 18 heavy (non-hydrogen) atoms. The molecule has 1 aliphatic heterocycles. The first kappa shape index (κ1) is 14.4. The van der Waals surface area contributed by atoms with Crippen molar-refractivity contribution in [3.63, 3.8) is 0 Å². The molecule has 2 amide bonds. The summed E-state index contributed by atoms with van der Waals surface area (Å²) in [6.07, 6.45) is 0.307. The van der Waals surface area contributed by atoms with Crippen molar-refractivity contribution in [1.82, 2.24) is 10.6 Å². The number of carboxylic acid groups (broad SMARTS) is 1. The van der Waals surface area contributed by atoms with Crippen molar-refractivity contribution in [1.29, 1.82) is 0 Å². The predicted octanol–water partition coefficient (Wildman–Crippen LogP) is -0.739. The molecule has 0 aliphatic carbocycles. The molecule has 0 bridgehead atoms. The Morgan fingerprint density at radius 3 is 2.56 bits per heavy atom. The average molecular weight is 258 g/mol. The van der Waals surface area contributed by atoms with E-state index in [1.54, 1.807) is 0 Å². The summed E-state index contributed by atoms with van der Waals surface area (Å²) in [6.45, 7) is 1.99. The number of nitrogens with one attached hydrogen (secondary N) is 2. The van der Waals surface area contributed by atoms with Crippen LogP contribution in [0.2, 0.25) is 0 Å². The molecule has 0 radical (unpaired) electrons. The number of carbonyl (C=O) groups excluding carboxylic acids is 2. The molecular weight excluding hydrogens is 240 g/mol. The molecule has 0 aromatic rings. The topological polar surface area (TPSA) is 105 Å². The van der Waals surface area contributed by atoms with Gasteiger partial charge in [-0.1, -0.05) is 0 Å². The third-order valence-corrected chi connectivity index (χ3v) is 2.64. The normalized spacial score (nSPS) is 22.5. The highest BCUT2D eigenvalue weighted by atomic mass is 16.5. The van der Waals surface area contributed by atoms with Crippen LogP contribution in [-0.4, -0.2) is 48.2 Å². The molecule has 1 aliphatic rings. The summed E-state index contributed by atoms with van der Waals surface area (Å²) in [5.74, 6) is -1.33. The summed E-state index contributed by atoms with van der Waals surface area (Å²) in [5.41, 5.74) is 0. The molecule has 3 N–H and O–H groups in total. The fourth-order valence-electron chi connectivity index (χ4n) is 1.71. The van der Waals surface area contributed by atoms with E-state index in [-0.39, 0.29) is 24.3 Å². The van der Waals surface area contributed by atoms with Gasteiger partial charge in [-0.25, -0.2) is 4.79 Å². The lowest BCUT2D eigenvalue weighted by Gasteiger charge is -2.12. The second-order valence-corrected chi connectivity index (χ2v) is 4.20. The van der Waals surface area contributed by atoms with E-state index in [1.807, 2.05) is 0 Å². The van der Waals surface area contributed by atoms with Crippen LogP contribution in [0.3, 0.4) is 0 Å². The van der Waals surface area contributed by atoms with E-state index in [9.17, 15) is 14.4 Å². The number of ether oxygens (including phenoxy) is 1. The zero-order valence-corrected chi connectivity index (χ0v) is 10.3. The molecule has 2 atom stereocenters. The molecule has 102 valence electrons. The Balaban J connectivity index is 2.12. The Labute approximate surface area is 105 Å². The van der Waals surface area contributed by atoms with Crippen LogP contribution in [0.1, 0.15) is 26.2 Å². The quantitative estimate of drug-likeness (QED) is 0.582. The van der Waals surface area contributed by atoms with Gasteiger partial charge in [-0.2, -0.15) is 0 Å². The van der Waals surface area contributed by atoms with Crippen molar-refractivity contribution in [3.8, 4) is 0 Å². The molecule has 1 fully saturated rings. The van der Waals surface area contributed by atoms with Gasteiger partial charge in [0.1, 0.15) is 0 Å². The van der Waals surface area contributed by atoms with Crippen LogP contribution in [0.5, 0.6) is 0 Å². The number of hydrogen-bond acceptors (Lipinski definition) is 4. The summed E-state index contributed by atoms with van der Waals surface area (Å²) in [5, 5.41) is 13.9. The summed E-state index contributed by atoms with van der Waals surface area (Å²) in [7, 11) is 0. The molecule has 0 saturated carbocycles. The first-order valence-corrected chi connectivity index (χ1v) is 5.88. The van der Waals surface area contributed by atoms with Crippen molar-refractivity contribution in [3.05, 3.63) is 0 Å².